The van der Waals surface area contributed by atoms with Gasteiger partial charge in [-0.2, -0.15) is 0 Å². The van der Waals surface area contributed by atoms with Crippen molar-refractivity contribution in [3.8, 4) is 0 Å². The molecule has 1 nitrogen and oxygen atoms in total. The van der Waals surface area contributed by atoms with Crippen LogP contribution in [-0.4, -0.2) is 13.1 Å². The molecule has 1 heteroatoms. The molecule has 0 atom stereocenters. The Kier molecular flexibility index (Phi) is 14.4. The van der Waals surface area contributed by atoms with E-state index in [0.29, 0.717) is 0 Å². The first-order chi connectivity index (χ1) is 7.91. The van der Waals surface area contributed by atoms with Crippen LogP contribution in [0.1, 0.15) is 71.6 Å². The first-order valence-electron chi connectivity index (χ1n) is 7.20. The van der Waals surface area contributed by atoms with Gasteiger partial charge in [-0.3, -0.25) is 0 Å². The molecule has 0 aliphatic heterocycles. The minimum atomic E-state index is 0.991. The lowest BCUT2D eigenvalue weighted by molar-refractivity contribution is 0.560. The van der Waals surface area contributed by atoms with E-state index in [-0.39, 0.29) is 0 Å². The van der Waals surface area contributed by atoms with E-state index < -0.39 is 0 Å². The maximum atomic E-state index is 4.34. The Labute approximate surface area is 103 Å². The van der Waals surface area contributed by atoms with Gasteiger partial charge in [0.25, 0.3) is 0 Å². The van der Waals surface area contributed by atoms with Crippen LogP contribution < -0.4 is 5.32 Å². The normalized spacial score (nSPS) is 11.4. The Morgan fingerprint density at radius 1 is 0.750 bits per heavy atom. The Balaban J connectivity index is 2.90. The molecular weight excluding hydrogens is 194 g/mol. The van der Waals surface area contributed by atoms with Gasteiger partial charge in [0.1, 0.15) is 0 Å². The molecule has 0 rings (SSSR count). The summed E-state index contributed by atoms with van der Waals surface area (Å²) in [6.45, 7) is 6.39. The molecule has 0 saturated heterocycles. The van der Waals surface area contributed by atoms with Gasteiger partial charge in [0.05, 0.1) is 0 Å². The van der Waals surface area contributed by atoms with Crippen molar-refractivity contribution >= 4 is 0 Å². The maximum Gasteiger partial charge on any atom is 0.0133 e. The smallest absolute Gasteiger partial charge is 0.0133 e. The zero-order valence-corrected chi connectivity index (χ0v) is 11.4. The number of rotatable bonds is 12. The lowest BCUT2D eigenvalue weighted by Gasteiger charge is -2.01. The molecule has 0 aromatic rings. The fourth-order valence-electron chi connectivity index (χ4n) is 1.81. The summed E-state index contributed by atoms with van der Waals surface area (Å²) in [7, 11) is 0. The van der Waals surface area contributed by atoms with Crippen molar-refractivity contribution in [2.75, 3.05) is 13.1 Å². The Hall–Kier alpha value is -0.300. The monoisotopic (exact) mass is 224 g/mol. The molecule has 0 N–H and O–H groups in total. The molecule has 0 aliphatic carbocycles. The Morgan fingerprint density at radius 2 is 1.38 bits per heavy atom. The third kappa shape index (κ3) is 13.7. The fraction of sp³-hybridized carbons (Fsp3) is 0.867. The summed E-state index contributed by atoms with van der Waals surface area (Å²) in [6.07, 6.45) is 16.8. The highest BCUT2D eigenvalue weighted by Crippen LogP contribution is 2.08. The van der Waals surface area contributed by atoms with Gasteiger partial charge in [-0.25, -0.2) is 5.32 Å². The van der Waals surface area contributed by atoms with Gasteiger partial charge in [0.2, 0.25) is 0 Å². The number of allylic oxidation sites excluding steroid dienone is 2. The molecule has 0 amide bonds. The number of hydrogen-bond acceptors (Lipinski definition) is 0. The average molecular weight is 224 g/mol. The summed E-state index contributed by atoms with van der Waals surface area (Å²) >= 11 is 0. The van der Waals surface area contributed by atoms with E-state index in [1.165, 1.54) is 57.8 Å². The summed E-state index contributed by atoms with van der Waals surface area (Å²) in [5, 5.41) is 4.34. The molecule has 95 valence electrons. The van der Waals surface area contributed by atoms with Gasteiger partial charge >= 0.3 is 0 Å². The average Bonchev–Trinajstić information content (AvgIpc) is 2.31. The van der Waals surface area contributed by atoms with E-state index in [0.717, 1.165) is 13.1 Å². The van der Waals surface area contributed by atoms with Crippen molar-refractivity contribution in [3.63, 3.8) is 0 Å². The second kappa shape index (κ2) is 14.7. The molecule has 0 heterocycles. The predicted molar refractivity (Wildman–Crippen MR) is 73.9 cm³/mol. The topological polar surface area (TPSA) is 14.1 Å². The number of hydrogen-bond donors (Lipinski definition) is 0. The van der Waals surface area contributed by atoms with E-state index in [2.05, 4.69) is 31.3 Å². The van der Waals surface area contributed by atoms with Gasteiger partial charge in [-0.15, -0.1) is 0 Å². The van der Waals surface area contributed by atoms with Crippen LogP contribution in [0.25, 0.3) is 0 Å². The van der Waals surface area contributed by atoms with Crippen LogP contribution in [0.5, 0.6) is 0 Å². The van der Waals surface area contributed by atoms with Crippen molar-refractivity contribution in [2.45, 2.75) is 71.6 Å². The van der Waals surface area contributed by atoms with Crippen LogP contribution in [0.15, 0.2) is 12.2 Å². The lowest BCUT2D eigenvalue weighted by atomic mass is 10.1. The minimum absolute atomic E-state index is 0.991. The summed E-state index contributed by atoms with van der Waals surface area (Å²) in [4.78, 5) is 0. The molecule has 0 aromatic heterocycles. The molecular formula is C15H30N. The van der Waals surface area contributed by atoms with E-state index in [9.17, 15) is 0 Å². The Morgan fingerprint density at radius 3 is 2.00 bits per heavy atom. The maximum absolute atomic E-state index is 4.34. The van der Waals surface area contributed by atoms with Crippen molar-refractivity contribution in [1.29, 1.82) is 0 Å². The standard InChI is InChI=1S/C15H30N/c1-3-5-6-7-8-9-10-11-12-13-14-15-16-4-2/h5-6H,3-4,7-15H2,1-2H3. The highest BCUT2D eigenvalue weighted by atomic mass is 14.8. The van der Waals surface area contributed by atoms with Crippen LogP contribution in [0.3, 0.4) is 0 Å². The lowest BCUT2D eigenvalue weighted by Crippen LogP contribution is -2.04. The Bertz CT molecular complexity index is 140. The molecule has 0 spiro atoms. The van der Waals surface area contributed by atoms with Crippen LogP contribution >= 0.6 is 0 Å². The molecule has 0 fully saturated rings. The minimum Gasteiger partial charge on any atom is -0.242 e. The van der Waals surface area contributed by atoms with Crippen LogP contribution in [0, 0.1) is 0 Å². The zero-order chi connectivity index (χ0) is 11.9. The first-order valence-corrected chi connectivity index (χ1v) is 7.20. The second-order valence-electron chi connectivity index (χ2n) is 4.41. The van der Waals surface area contributed by atoms with Crippen molar-refractivity contribution in [2.24, 2.45) is 0 Å². The molecule has 0 bridgehead atoms. The van der Waals surface area contributed by atoms with Gasteiger partial charge < -0.3 is 0 Å². The van der Waals surface area contributed by atoms with Gasteiger partial charge in [-0.05, 0) is 25.7 Å². The molecule has 1 radical (unpaired) electrons. The number of nitrogens with zero attached hydrogens (tertiary/aromatic N) is 1. The van der Waals surface area contributed by atoms with E-state index in [4.69, 9.17) is 0 Å². The fourth-order valence-corrected chi connectivity index (χ4v) is 1.81. The summed E-state index contributed by atoms with van der Waals surface area (Å²) in [6, 6.07) is 0. The van der Waals surface area contributed by atoms with Crippen molar-refractivity contribution in [3.05, 3.63) is 12.2 Å². The highest BCUT2D eigenvalue weighted by molar-refractivity contribution is 4.79. The summed E-state index contributed by atoms with van der Waals surface area (Å²) < 4.78 is 0. The van der Waals surface area contributed by atoms with Crippen molar-refractivity contribution in [1.82, 2.24) is 5.32 Å². The molecule has 0 aromatic carbocycles. The largest absolute Gasteiger partial charge is 0.242 e. The van der Waals surface area contributed by atoms with Gasteiger partial charge in [-0.1, -0.05) is 58.1 Å². The summed E-state index contributed by atoms with van der Waals surface area (Å²) in [5.41, 5.74) is 0. The van der Waals surface area contributed by atoms with E-state index in [1.807, 2.05) is 0 Å². The van der Waals surface area contributed by atoms with Gasteiger partial charge in [0.15, 0.2) is 0 Å². The molecule has 0 unspecified atom stereocenters. The van der Waals surface area contributed by atoms with Crippen LogP contribution in [0.4, 0.5) is 0 Å². The SMILES string of the molecule is CCC=CCCCCCCCCC[N]CC. The first kappa shape index (κ1) is 15.7. The zero-order valence-electron chi connectivity index (χ0n) is 11.4. The van der Waals surface area contributed by atoms with E-state index >= 15 is 0 Å². The van der Waals surface area contributed by atoms with Gasteiger partial charge in [0, 0.05) is 13.1 Å². The van der Waals surface area contributed by atoms with Crippen LogP contribution in [0.2, 0.25) is 0 Å². The molecule has 0 saturated carbocycles. The second-order valence-corrected chi connectivity index (χ2v) is 4.41. The highest BCUT2D eigenvalue weighted by Gasteiger charge is 1.91. The molecule has 16 heavy (non-hydrogen) atoms. The third-order valence-corrected chi connectivity index (χ3v) is 2.81. The quantitative estimate of drug-likeness (QED) is 0.337. The third-order valence-electron chi connectivity index (χ3n) is 2.81. The molecule has 0 aliphatic rings. The van der Waals surface area contributed by atoms with Crippen LogP contribution in [-0.2, 0) is 0 Å². The summed E-state index contributed by atoms with van der Waals surface area (Å²) in [5.74, 6) is 0. The van der Waals surface area contributed by atoms with E-state index in [1.54, 1.807) is 0 Å². The van der Waals surface area contributed by atoms with Crippen molar-refractivity contribution < 1.29 is 0 Å². The number of unbranched alkanes of at least 4 members (excludes halogenated alkanes) is 7. The predicted octanol–water partition coefficient (Wildman–Crippen LogP) is 4.70.